The molecule has 19 heteroatoms. The van der Waals surface area contributed by atoms with E-state index in [1.54, 1.807) is 0 Å². The van der Waals surface area contributed by atoms with Gasteiger partial charge in [0.25, 0.3) is 0 Å². The molecule has 0 spiro atoms. The molecule has 19 nitrogen and oxygen atoms in total. The van der Waals surface area contributed by atoms with Crippen molar-refractivity contribution < 1.29 is 89.4 Å². The molecule has 3 fully saturated rings. The number of aliphatic hydroxyl groups excluding tert-OH is 11. The number of hydrogen-bond donors (Lipinski definition) is 12. The number of carbonyl (C=O) groups is 1. The summed E-state index contributed by atoms with van der Waals surface area (Å²) in [5.74, 6) is -0.283. The predicted molar refractivity (Wildman–Crippen MR) is 295 cm³/mol. The number of amides is 1. The molecule has 17 atom stereocenters. The molecular formula is C59H97NO18. The minimum absolute atomic E-state index is 0.227. The monoisotopic (exact) mass is 1110 g/mol. The smallest absolute Gasteiger partial charge is 0.220 e. The first-order chi connectivity index (χ1) is 37.8. The van der Waals surface area contributed by atoms with Crippen LogP contribution in [0.5, 0.6) is 0 Å². The lowest BCUT2D eigenvalue weighted by atomic mass is 9.96. The highest BCUT2D eigenvalue weighted by molar-refractivity contribution is 5.76. The molecule has 0 aliphatic carbocycles. The molecule has 446 valence electrons. The van der Waals surface area contributed by atoms with Crippen LogP contribution in [0.25, 0.3) is 0 Å². The van der Waals surface area contributed by atoms with Crippen molar-refractivity contribution >= 4 is 5.91 Å². The molecule has 3 heterocycles. The number of ether oxygens (including phenoxy) is 6. The lowest BCUT2D eigenvalue weighted by molar-refractivity contribution is -0.379. The van der Waals surface area contributed by atoms with Crippen LogP contribution in [0.4, 0.5) is 0 Å². The Labute approximate surface area is 463 Å². The Balaban J connectivity index is 1.37. The second-order valence-electron chi connectivity index (χ2n) is 20.0. The second-order valence-corrected chi connectivity index (χ2v) is 20.0. The Morgan fingerprint density at radius 2 is 0.885 bits per heavy atom. The normalized spacial score (nSPS) is 31.2. The van der Waals surface area contributed by atoms with Crippen LogP contribution in [-0.4, -0.2) is 193 Å². The molecule has 3 saturated heterocycles. The molecule has 17 unspecified atom stereocenters. The van der Waals surface area contributed by atoms with Crippen molar-refractivity contribution in [3.05, 3.63) is 97.2 Å². The van der Waals surface area contributed by atoms with Gasteiger partial charge in [0, 0.05) is 6.42 Å². The molecule has 78 heavy (non-hydrogen) atoms. The second kappa shape index (κ2) is 41.7. The maximum absolute atomic E-state index is 13.2. The number of allylic oxidation sites excluding steroid dienone is 16. The van der Waals surface area contributed by atoms with E-state index >= 15 is 0 Å². The van der Waals surface area contributed by atoms with Gasteiger partial charge in [-0.15, -0.1) is 0 Å². The summed E-state index contributed by atoms with van der Waals surface area (Å²) in [7, 11) is 0. The number of hydrogen-bond acceptors (Lipinski definition) is 18. The fourth-order valence-corrected chi connectivity index (χ4v) is 8.97. The molecule has 12 N–H and O–H groups in total. The van der Waals surface area contributed by atoms with Gasteiger partial charge in [-0.05, 0) is 77.0 Å². The predicted octanol–water partition coefficient (Wildman–Crippen LogP) is 4.20. The lowest BCUT2D eigenvalue weighted by Crippen LogP contribution is -2.66. The maximum atomic E-state index is 13.2. The summed E-state index contributed by atoms with van der Waals surface area (Å²) in [4.78, 5) is 13.2. The van der Waals surface area contributed by atoms with Crippen molar-refractivity contribution in [1.82, 2.24) is 5.32 Å². The average Bonchev–Trinajstić information content (AvgIpc) is 3.48. The number of nitrogens with one attached hydrogen (secondary N) is 1. The van der Waals surface area contributed by atoms with Gasteiger partial charge in [-0.2, -0.15) is 0 Å². The molecule has 3 rings (SSSR count). The van der Waals surface area contributed by atoms with E-state index in [2.05, 4.69) is 116 Å². The van der Waals surface area contributed by atoms with E-state index in [4.69, 9.17) is 28.4 Å². The minimum Gasteiger partial charge on any atom is -0.394 e. The minimum atomic E-state index is -1.98. The van der Waals surface area contributed by atoms with Gasteiger partial charge in [-0.3, -0.25) is 4.79 Å². The molecule has 1 amide bonds. The molecule has 0 aromatic heterocycles. The lowest BCUT2D eigenvalue weighted by Gasteiger charge is -2.48. The van der Waals surface area contributed by atoms with Gasteiger partial charge in [0.15, 0.2) is 18.9 Å². The fourth-order valence-electron chi connectivity index (χ4n) is 8.97. The van der Waals surface area contributed by atoms with Gasteiger partial charge in [-0.1, -0.05) is 150 Å². The van der Waals surface area contributed by atoms with Crippen molar-refractivity contribution in [1.29, 1.82) is 0 Å². The van der Waals surface area contributed by atoms with Gasteiger partial charge in [-0.25, -0.2) is 0 Å². The Bertz CT molecular complexity index is 1800. The third kappa shape index (κ3) is 25.7. The zero-order valence-corrected chi connectivity index (χ0v) is 46.1. The van der Waals surface area contributed by atoms with Crippen molar-refractivity contribution in [2.24, 2.45) is 0 Å². The van der Waals surface area contributed by atoms with E-state index in [1.165, 1.54) is 0 Å². The summed E-state index contributed by atoms with van der Waals surface area (Å²) in [5.41, 5.74) is 0. The molecule has 0 radical (unpaired) electrons. The number of carbonyl (C=O) groups excluding carboxylic acids is 1. The number of aliphatic hydroxyl groups is 11. The van der Waals surface area contributed by atoms with Crippen LogP contribution < -0.4 is 5.32 Å². The van der Waals surface area contributed by atoms with Gasteiger partial charge in [0.2, 0.25) is 5.91 Å². The fraction of sp³-hybridized carbons (Fsp3) is 0.712. The summed E-state index contributed by atoms with van der Waals surface area (Å²) in [6.45, 7) is 1.46. The third-order valence-electron chi connectivity index (χ3n) is 13.7. The van der Waals surface area contributed by atoms with Crippen LogP contribution in [0.15, 0.2) is 97.2 Å². The molecular weight excluding hydrogens is 1010 g/mol. The quantitative estimate of drug-likeness (QED) is 0.0303. The maximum Gasteiger partial charge on any atom is 0.220 e. The largest absolute Gasteiger partial charge is 0.394 e. The Hall–Kier alpha value is -3.29. The Kier molecular flexibility index (Phi) is 36.8. The Morgan fingerprint density at radius 3 is 1.36 bits per heavy atom. The van der Waals surface area contributed by atoms with E-state index in [0.717, 1.165) is 96.3 Å². The van der Waals surface area contributed by atoms with Crippen molar-refractivity contribution in [3.8, 4) is 0 Å². The van der Waals surface area contributed by atoms with E-state index in [1.807, 2.05) is 0 Å². The van der Waals surface area contributed by atoms with Gasteiger partial charge in [0.1, 0.15) is 73.2 Å². The van der Waals surface area contributed by atoms with Crippen LogP contribution in [0.1, 0.15) is 136 Å². The zero-order chi connectivity index (χ0) is 56.9. The summed E-state index contributed by atoms with van der Waals surface area (Å²) < 4.78 is 34.0. The molecule has 0 aromatic rings. The summed E-state index contributed by atoms with van der Waals surface area (Å²) in [6, 6.07) is -0.903. The first-order valence-electron chi connectivity index (χ1n) is 28.5. The highest BCUT2D eigenvalue weighted by Gasteiger charge is 2.53. The van der Waals surface area contributed by atoms with Crippen molar-refractivity contribution in [2.45, 2.75) is 240 Å². The summed E-state index contributed by atoms with van der Waals surface area (Å²) in [6.07, 6.45) is 24.6. The molecule has 0 aromatic carbocycles. The molecule has 3 aliphatic heterocycles. The third-order valence-corrected chi connectivity index (χ3v) is 13.7. The Morgan fingerprint density at radius 1 is 0.474 bits per heavy atom. The van der Waals surface area contributed by atoms with E-state index < -0.39 is 124 Å². The van der Waals surface area contributed by atoms with Crippen molar-refractivity contribution in [3.63, 3.8) is 0 Å². The summed E-state index contributed by atoms with van der Waals surface area (Å²) >= 11 is 0. The molecule has 0 bridgehead atoms. The SMILES string of the molecule is CC/C=C\C/C=C\C/C=C\C/C=C\C/C=C\C/C=C\C/C=C\C/C=C\CCCCCCC(=O)NC(COC1OC(CO)C(OC2OC(CO)C(OC3OC(CO)C(O)C(O)C3O)C(O)C2O)C(O)C1O)C(O)CCCCCC. The number of rotatable bonds is 39. The molecule has 0 saturated carbocycles. The molecule has 3 aliphatic rings. The van der Waals surface area contributed by atoms with Crippen LogP contribution in [0.2, 0.25) is 0 Å². The van der Waals surface area contributed by atoms with Crippen LogP contribution in [-0.2, 0) is 33.2 Å². The van der Waals surface area contributed by atoms with Crippen LogP contribution in [0, 0.1) is 0 Å². The zero-order valence-electron chi connectivity index (χ0n) is 46.1. The summed E-state index contributed by atoms with van der Waals surface area (Å²) in [5, 5.41) is 119. The van der Waals surface area contributed by atoms with E-state index in [-0.39, 0.29) is 18.9 Å². The topological polar surface area (TPSA) is 307 Å². The van der Waals surface area contributed by atoms with Gasteiger partial charge in [0.05, 0.1) is 38.6 Å². The van der Waals surface area contributed by atoms with E-state index in [9.17, 15) is 61.0 Å². The number of unbranched alkanes of at least 4 members (excludes halogenated alkanes) is 7. The van der Waals surface area contributed by atoms with Gasteiger partial charge < -0.3 is 89.9 Å². The van der Waals surface area contributed by atoms with E-state index in [0.29, 0.717) is 19.3 Å². The van der Waals surface area contributed by atoms with Crippen LogP contribution >= 0.6 is 0 Å². The highest BCUT2D eigenvalue weighted by Crippen LogP contribution is 2.33. The average molecular weight is 1110 g/mol. The highest BCUT2D eigenvalue weighted by atomic mass is 16.8. The first-order valence-corrected chi connectivity index (χ1v) is 28.5. The van der Waals surface area contributed by atoms with Crippen LogP contribution in [0.3, 0.4) is 0 Å². The van der Waals surface area contributed by atoms with Crippen molar-refractivity contribution in [2.75, 3.05) is 26.4 Å². The first kappa shape index (κ1) is 69.0. The standard InChI is InChI=1S/C59H97NO18/c1-3-5-7-9-10-11-12-13-14-15-16-17-18-19-20-21-22-23-24-25-26-27-28-29-30-31-32-33-35-37-47(65)60-42(43(64)36-34-8-6-4-2)41-73-57-53(71)50(68)55(45(39-62)75-57)78-59-54(72)51(69)56(46(40-63)76-59)77-58-52(70)49(67)48(66)44(38-61)74-58/h5,7,10-11,13-14,16-17,19-20,22-23,25-26,28-29,42-46,48-59,61-64,66-72H,3-4,6,8-9,12,15,18,21,24,27,30-41H2,1-2H3,(H,60,65)/b7-5-,11-10-,14-13-,17-16-,20-19-,23-22-,26-25-,29-28-. The van der Waals surface area contributed by atoms with Gasteiger partial charge >= 0.3 is 0 Å².